The fourth-order valence-corrected chi connectivity index (χ4v) is 8.22. The third kappa shape index (κ3) is 2.98. The van der Waals surface area contributed by atoms with Gasteiger partial charge in [0, 0.05) is 65.3 Å². The van der Waals surface area contributed by atoms with Gasteiger partial charge in [-0.15, -0.1) is 0 Å². The summed E-state index contributed by atoms with van der Waals surface area (Å²) in [6.45, 7) is 1.63. The number of aromatic hydroxyl groups is 5. The Bertz CT molecular complexity index is 1830. The van der Waals surface area contributed by atoms with Crippen LogP contribution in [0.5, 0.6) is 28.7 Å². The van der Waals surface area contributed by atoms with Crippen molar-refractivity contribution >= 4 is 17.3 Å². The van der Waals surface area contributed by atoms with E-state index in [1.165, 1.54) is 6.07 Å². The number of allylic oxidation sites excluding steroid dienone is 1. The van der Waals surface area contributed by atoms with E-state index in [-0.39, 0.29) is 51.3 Å². The average molecular weight is 561 g/mol. The Morgan fingerprint density at radius 3 is 2.24 bits per heavy atom. The zero-order valence-corrected chi connectivity index (χ0v) is 21.5. The smallest absolute Gasteiger partial charge is 0.339 e. The molecule has 7 rings (SSSR count). The molecule has 11 heteroatoms. The molecular formula is C30H24O11. The van der Waals surface area contributed by atoms with Gasteiger partial charge in [0.05, 0.1) is 29.2 Å². The van der Waals surface area contributed by atoms with E-state index in [1.807, 2.05) is 0 Å². The molecule has 0 radical (unpaired) electrons. The lowest BCUT2D eigenvalue weighted by Crippen LogP contribution is -2.59. The van der Waals surface area contributed by atoms with Crippen LogP contribution in [0, 0.1) is 11.3 Å². The van der Waals surface area contributed by atoms with Crippen molar-refractivity contribution in [2.24, 2.45) is 11.3 Å². The van der Waals surface area contributed by atoms with Gasteiger partial charge in [0.1, 0.15) is 40.3 Å². The van der Waals surface area contributed by atoms with Crippen molar-refractivity contribution in [3.05, 3.63) is 79.9 Å². The predicted octanol–water partition coefficient (Wildman–Crippen LogP) is 2.81. The molecule has 41 heavy (non-hydrogen) atoms. The first-order valence-corrected chi connectivity index (χ1v) is 13.0. The number of aliphatic hydroxyl groups is 2. The van der Waals surface area contributed by atoms with Crippen molar-refractivity contribution in [2.75, 3.05) is 0 Å². The Labute approximate surface area is 230 Å². The molecule has 0 aliphatic heterocycles. The zero-order valence-electron chi connectivity index (χ0n) is 21.5. The second-order valence-electron chi connectivity index (χ2n) is 11.4. The van der Waals surface area contributed by atoms with Gasteiger partial charge in [-0.2, -0.15) is 0 Å². The number of carbonyl (C=O) groups is 2. The minimum Gasteiger partial charge on any atom is -0.508 e. The van der Waals surface area contributed by atoms with Crippen LogP contribution in [0.3, 0.4) is 0 Å². The van der Waals surface area contributed by atoms with Gasteiger partial charge in [-0.05, 0) is 17.2 Å². The van der Waals surface area contributed by atoms with Gasteiger partial charge in [0.2, 0.25) is 0 Å². The van der Waals surface area contributed by atoms with Crippen LogP contribution >= 0.6 is 0 Å². The molecule has 11 nitrogen and oxygen atoms in total. The summed E-state index contributed by atoms with van der Waals surface area (Å²) in [5, 5.41) is 76.6. The highest BCUT2D eigenvalue weighted by atomic mass is 16.4. The first kappa shape index (κ1) is 25.2. The number of phenolic OH excluding ortho intramolecular Hbond substituents is 4. The van der Waals surface area contributed by atoms with Gasteiger partial charge in [0.25, 0.3) is 0 Å². The van der Waals surface area contributed by atoms with Crippen LogP contribution in [-0.4, -0.2) is 53.4 Å². The number of aliphatic hydroxyl groups excluding tert-OH is 2. The average Bonchev–Trinajstić information content (AvgIpc) is 2.84. The van der Waals surface area contributed by atoms with E-state index in [2.05, 4.69) is 0 Å². The standard InChI is InChI=1S/C30H24O11/c1-9-20-16(34)7-17(35)22-23(20)24-14(27(9)38)6-18(36)26-28(39)21-13(3-11(32)4-15(21)33)25(29(22)40)30(24,26)8-12-2-10(31)5-19(37)41-12/h2-5,7,9,14,24-25,27,31-35,38-39H,6,8H2,1H3. The highest BCUT2D eigenvalue weighted by molar-refractivity contribution is 6.14. The number of ketones is 2. The lowest BCUT2D eigenvalue weighted by molar-refractivity contribution is -0.124. The van der Waals surface area contributed by atoms with Crippen molar-refractivity contribution in [3.63, 3.8) is 0 Å². The first-order valence-electron chi connectivity index (χ1n) is 13.0. The molecule has 3 aromatic rings. The van der Waals surface area contributed by atoms with E-state index in [0.29, 0.717) is 0 Å². The third-order valence-electron chi connectivity index (χ3n) is 9.45. The fraction of sp³-hybridized carbons (Fsp3) is 0.300. The van der Waals surface area contributed by atoms with Crippen LogP contribution in [0.2, 0.25) is 0 Å². The van der Waals surface area contributed by atoms with Crippen molar-refractivity contribution < 1.29 is 49.8 Å². The molecule has 1 heterocycles. The quantitative estimate of drug-likeness (QED) is 0.243. The summed E-state index contributed by atoms with van der Waals surface area (Å²) in [6.07, 6.45) is -1.89. The lowest BCUT2D eigenvalue weighted by Gasteiger charge is -2.60. The number of carbonyl (C=O) groups excluding carboxylic acids is 2. The lowest BCUT2D eigenvalue weighted by atomic mass is 9.41. The molecule has 6 atom stereocenters. The molecule has 0 spiro atoms. The zero-order chi connectivity index (χ0) is 29.3. The maximum absolute atomic E-state index is 14.6. The Kier molecular flexibility index (Phi) is 4.87. The SMILES string of the molecule is CC1c2c(O)cc(O)c3c2C2C(CC(=O)C4=C(O)c5c(O)cc(O)cc5C(C3=O)C42Cc2cc(O)cc(=O)o2)C1O. The largest absolute Gasteiger partial charge is 0.508 e. The summed E-state index contributed by atoms with van der Waals surface area (Å²) in [4.78, 5) is 40.8. The molecule has 0 saturated heterocycles. The van der Waals surface area contributed by atoms with Crippen molar-refractivity contribution in [1.82, 2.24) is 0 Å². The minimum atomic E-state index is -1.79. The Hall–Kier alpha value is -4.77. The maximum atomic E-state index is 14.6. The van der Waals surface area contributed by atoms with Gasteiger partial charge in [-0.3, -0.25) is 9.59 Å². The number of hydrogen-bond acceptors (Lipinski definition) is 11. The van der Waals surface area contributed by atoms with Crippen LogP contribution in [0.25, 0.3) is 5.76 Å². The molecular weight excluding hydrogens is 536 g/mol. The van der Waals surface area contributed by atoms with Crippen LogP contribution in [0.1, 0.15) is 69.5 Å². The Morgan fingerprint density at radius 1 is 0.854 bits per heavy atom. The predicted molar refractivity (Wildman–Crippen MR) is 139 cm³/mol. The highest BCUT2D eigenvalue weighted by Crippen LogP contribution is 2.72. The summed E-state index contributed by atoms with van der Waals surface area (Å²) in [5.74, 6) is -8.57. The number of benzene rings is 2. The number of phenols is 4. The van der Waals surface area contributed by atoms with Crippen LogP contribution in [0.15, 0.2) is 45.1 Å². The number of fused-ring (bicyclic) bond motifs is 2. The molecule has 4 aliphatic rings. The van der Waals surface area contributed by atoms with Gasteiger partial charge >= 0.3 is 5.63 Å². The van der Waals surface area contributed by atoms with E-state index < -0.39 is 87.6 Å². The monoisotopic (exact) mass is 560 g/mol. The van der Waals surface area contributed by atoms with Gasteiger partial charge in [-0.25, -0.2) is 4.79 Å². The summed E-state index contributed by atoms with van der Waals surface area (Å²) < 4.78 is 5.38. The minimum absolute atomic E-state index is 0.0440. The van der Waals surface area contributed by atoms with Gasteiger partial charge in [0.15, 0.2) is 11.6 Å². The van der Waals surface area contributed by atoms with E-state index in [9.17, 15) is 50.1 Å². The van der Waals surface area contributed by atoms with E-state index in [0.717, 1.165) is 24.3 Å². The second kappa shape index (κ2) is 7.91. The fourth-order valence-electron chi connectivity index (χ4n) is 8.22. The maximum Gasteiger partial charge on any atom is 0.339 e. The second-order valence-corrected chi connectivity index (χ2v) is 11.4. The summed E-state index contributed by atoms with van der Waals surface area (Å²) in [7, 11) is 0. The first-order chi connectivity index (χ1) is 19.4. The van der Waals surface area contributed by atoms with Crippen molar-refractivity contribution in [3.8, 4) is 28.7 Å². The summed E-state index contributed by atoms with van der Waals surface area (Å²) in [6, 6.07) is 5.11. The summed E-state index contributed by atoms with van der Waals surface area (Å²) >= 11 is 0. The van der Waals surface area contributed by atoms with Gasteiger partial charge < -0.3 is 40.2 Å². The molecule has 1 saturated carbocycles. The number of rotatable bonds is 2. The van der Waals surface area contributed by atoms with Gasteiger partial charge in [-0.1, -0.05) is 6.92 Å². The van der Waals surface area contributed by atoms with Crippen LogP contribution < -0.4 is 5.63 Å². The van der Waals surface area contributed by atoms with E-state index in [1.54, 1.807) is 6.92 Å². The van der Waals surface area contributed by atoms with Crippen molar-refractivity contribution in [2.45, 2.75) is 43.6 Å². The molecule has 4 aliphatic carbocycles. The molecule has 210 valence electrons. The highest BCUT2D eigenvalue weighted by Gasteiger charge is 2.68. The third-order valence-corrected chi connectivity index (χ3v) is 9.45. The molecule has 6 unspecified atom stereocenters. The topological polar surface area (TPSA) is 206 Å². The van der Waals surface area contributed by atoms with E-state index in [4.69, 9.17) is 4.42 Å². The van der Waals surface area contributed by atoms with Crippen molar-refractivity contribution in [1.29, 1.82) is 0 Å². The summed E-state index contributed by atoms with van der Waals surface area (Å²) in [5.41, 5.74) is -2.98. The molecule has 0 amide bonds. The van der Waals surface area contributed by atoms with Crippen LogP contribution in [-0.2, 0) is 11.2 Å². The molecule has 0 bridgehead atoms. The number of hydrogen-bond donors (Lipinski definition) is 7. The Morgan fingerprint density at radius 2 is 1.54 bits per heavy atom. The Balaban J connectivity index is 1.69. The molecule has 1 fully saturated rings. The van der Waals surface area contributed by atoms with E-state index >= 15 is 0 Å². The number of Topliss-reactive ketones (excluding diaryl/α,β-unsaturated/α-hetero) is 2. The molecule has 2 aromatic carbocycles. The molecule has 7 N–H and O–H groups in total. The van der Waals surface area contributed by atoms with Crippen LogP contribution in [0.4, 0.5) is 0 Å². The molecule has 1 aromatic heterocycles. The normalized spacial score (nSPS) is 29.3.